The molecule has 0 bridgehead atoms. The van der Waals surface area contributed by atoms with Gasteiger partial charge in [0.25, 0.3) is 0 Å². The molecule has 0 radical (unpaired) electrons. The first-order valence-electron chi connectivity index (χ1n) is 6.73. The Balaban J connectivity index is 2.33. The van der Waals surface area contributed by atoms with Crippen molar-refractivity contribution in [2.24, 2.45) is 5.41 Å². The predicted octanol–water partition coefficient (Wildman–Crippen LogP) is 2.70. The molecular weight excluding hydrogens is 232 g/mol. The normalized spacial score (nSPS) is 43.2. The van der Waals surface area contributed by atoms with Gasteiger partial charge in [-0.1, -0.05) is 27.7 Å². The van der Waals surface area contributed by atoms with E-state index in [-0.39, 0.29) is 29.5 Å². The Hall–Kier alpha value is -0.160. The number of hydrogen-bond acceptors (Lipinski definition) is 4. The maximum atomic E-state index is 6.25. The average Bonchev–Trinajstić information content (AvgIpc) is 2.65. The monoisotopic (exact) mass is 258 g/mol. The van der Waals surface area contributed by atoms with Crippen LogP contribution in [0, 0.1) is 5.41 Å². The van der Waals surface area contributed by atoms with Crippen LogP contribution in [0.1, 0.15) is 48.0 Å². The minimum Gasteiger partial charge on any atom is -0.375 e. The third-order valence-electron chi connectivity index (χ3n) is 4.22. The van der Waals surface area contributed by atoms with Crippen molar-refractivity contribution in [3.05, 3.63) is 0 Å². The van der Waals surface area contributed by atoms with Crippen molar-refractivity contribution in [1.29, 1.82) is 0 Å². The molecular formula is C14H26O4. The van der Waals surface area contributed by atoms with Crippen LogP contribution in [0.15, 0.2) is 0 Å². The van der Waals surface area contributed by atoms with Gasteiger partial charge >= 0.3 is 0 Å². The first-order chi connectivity index (χ1) is 8.17. The fraction of sp³-hybridized carbons (Fsp3) is 1.00. The summed E-state index contributed by atoms with van der Waals surface area (Å²) < 4.78 is 23.8. The second-order valence-electron chi connectivity index (χ2n) is 6.74. The van der Waals surface area contributed by atoms with Crippen LogP contribution in [-0.2, 0) is 18.9 Å². The molecule has 18 heavy (non-hydrogen) atoms. The van der Waals surface area contributed by atoms with Crippen LogP contribution in [0.4, 0.5) is 0 Å². The highest BCUT2D eigenvalue weighted by molar-refractivity contribution is 5.08. The van der Waals surface area contributed by atoms with E-state index >= 15 is 0 Å². The molecule has 4 atom stereocenters. The van der Waals surface area contributed by atoms with E-state index in [1.165, 1.54) is 0 Å². The average molecular weight is 258 g/mol. The zero-order valence-electron chi connectivity index (χ0n) is 12.6. The van der Waals surface area contributed by atoms with Crippen LogP contribution in [0.3, 0.4) is 0 Å². The van der Waals surface area contributed by atoms with Crippen molar-refractivity contribution in [1.82, 2.24) is 0 Å². The van der Waals surface area contributed by atoms with Gasteiger partial charge in [0.15, 0.2) is 12.1 Å². The maximum absolute atomic E-state index is 6.25. The highest BCUT2D eigenvalue weighted by Gasteiger charge is 2.65. The van der Waals surface area contributed by atoms with Gasteiger partial charge in [-0.3, -0.25) is 0 Å². The van der Waals surface area contributed by atoms with Crippen molar-refractivity contribution in [2.45, 2.75) is 77.8 Å². The van der Waals surface area contributed by atoms with Crippen LogP contribution < -0.4 is 0 Å². The van der Waals surface area contributed by atoms with Gasteiger partial charge in [-0.25, -0.2) is 0 Å². The summed E-state index contributed by atoms with van der Waals surface area (Å²) in [4.78, 5) is 0. The van der Waals surface area contributed by atoms with E-state index in [1.54, 1.807) is 7.11 Å². The predicted molar refractivity (Wildman–Crippen MR) is 68.2 cm³/mol. The Morgan fingerprint density at radius 3 is 2.17 bits per heavy atom. The highest BCUT2D eigenvalue weighted by atomic mass is 16.8. The molecule has 0 aromatic rings. The Kier molecular flexibility index (Phi) is 3.30. The fourth-order valence-corrected chi connectivity index (χ4v) is 3.34. The lowest BCUT2D eigenvalue weighted by Crippen LogP contribution is -2.54. The van der Waals surface area contributed by atoms with E-state index in [0.717, 1.165) is 6.42 Å². The summed E-state index contributed by atoms with van der Waals surface area (Å²) >= 11 is 0. The molecule has 0 aromatic carbocycles. The van der Waals surface area contributed by atoms with Crippen LogP contribution >= 0.6 is 0 Å². The zero-order valence-corrected chi connectivity index (χ0v) is 12.6. The molecule has 0 aliphatic carbocycles. The molecule has 2 rings (SSSR count). The number of rotatable bonds is 2. The van der Waals surface area contributed by atoms with Gasteiger partial charge in [-0.2, -0.15) is 0 Å². The van der Waals surface area contributed by atoms with E-state index < -0.39 is 5.79 Å². The summed E-state index contributed by atoms with van der Waals surface area (Å²) in [6.45, 7) is 12.5. The minimum atomic E-state index is -0.593. The van der Waals surface area contributed by atoms with Gasteiger partial charge < -0.3 is 18.9 Å². The summed E-state index contributed by atoms with van der Waals surface area (Å²) in [5, 5.41) is 0. The molecule has 4 heteroatoms. The molecule has 0 N–H and O–H groups in total. The second-order valence-corrected chi connectivity index (χ2v) is 6.74. The van der Waals surface area contributed by atoms with E-state index in [1.807, 2.05) is 13.8 Å². The first kappa shape index (κ1) is 14.3. The van der Waals surface area contributed by atoms with Gasteiger partial charge in [0.2, 0.25) is 0 Å². The van der Waals surface area contributed by atoms with Crippen LogP contribution in [0.25, 0.3) is 0 Å². The fourth-order valence-electron chi connectivity index (χ4n) is 3.34. The lowest BCUT2D eigenvalue weighted by Gasteiger charge is -2.45. The van der Waals surface area contributed by atoms with E-state index in [9.17, 15) is 0 Å². The molecule has 0 amide bonds. The Morgan fingerprint density at radius 2 is 1.72 bits per heavy atom. The van der Waals surface area contributed by atoms with Gasteiger partial charge in [-0.05, 0) is 25.7 Å². The molecule has 0 aromatic heterocycles. The largest absolute Gasteiger partial charge is 0.375 e. The molecule has 4 nitrogen and oxygen atoms in total. The van der Waals surface area contributed by atoms with Crippen molar-refractivity contribution >= 4 is 0 Å². The molecule has 0 spiro atoms. The number of hydrogen-bond donors (Lipinski definition) is 0. The topological polar surface area (TPSA) is 36.9 Å². The minimum absolute atomic E-state index is 0.0381. The van der Waals surface area contributed by atoms with Crippen LogP contribution in [-0.4, -0.2) is 37.0 Å². The molecule has 2 heterocycles. The van der Waals surface area contributed by atoms with Gasteiger partial charge in [0.1, 0.15) is 17.8 Å². The summed E-state index contributed by atoms with van der Waals surface area (Å²) in [6.07, 6.45) is 0.289. The zero-order chi connectivity index (χ0) is 13.8. The third kappa shape index (κ3) is 1.90. The van der Waals surface area contributed by atoms with Crippen molar-refractivity contribution in [2.75, 3.05) is 7.11 Å². The van der Waals surface area contributed by atoms with Crippen LogP contribution in [0.5, 0.6) is 0 Å². The summed E-state index contributed by atoms with van der Waals surface area (Å²) in [6, 6.07) is 0. The van der Waals surface area contributed by atoms with Crippen molar-refractivity contribution in [3.63, 3.8) is 0 Å². The Morgan fingerprint density at radius 1 is 1.11 bits per heavy atom. The van der Waals surface area contributed by atoms with E-state index in [0.29, 0.717) is 0 Å². The molecule has 0 unspecified atom stereocenters. The van der Waals surface area contributed by atoms with Crippen molar-refractivity contribution < 1.29 is 18.9 Å². The highest BCUT2D eigenvalue weighted by Crippen LogP contribution is 2.52. The second kappa shape index (κ2) is 4.17. The number of fused-ring (bicyclic) bond motifs is 1. The van der Waals surface area contributed by atoms with E-state index in [2.05, 4.69) is 27.7 Å². The molecule has 2 aliphatic rings. The summed E-state index contributed by atoms with van der Waals surface area (Å²) in [5.74, 6) is -0.593. The smallest absolute Gasteiger partial charge is 0.190 e. The Labute approximate surface area is 110 Å². The van der Waals surface area contributed by atoms with Gasteiger partial charge in [0, 0.05) is 7.11 Å². The summed E-state index contributed by atoms with van der Waals surface area (Å²) in [5.41, 5.74) is -0.406. The first-order valence-corrected chi connectivity index (χ1v) is 6.73. The summed E-state index contributed by atoms with van der Waals surface area (Å²) in [7, 11) is 1.72. The number of ether oxygens (including phenoxy) is 4. The van der Waals surface area contributed by atoms with Crippen molar-refractivity contribution in [3.8, 4) is 0 Å². The quantitative estimate of drug-likeness (QED) is 0.763. The Bertz CT molecular complexity index is 320. The molecule has 2 saturated heterocycles. The standard InChI is InChI=1S/C14H26O4/c1-8-14(12(2,3)4)10(15-7)9-11(18-14)17-13(5,6)16-9/h9-11H,8H2,1-7H3/t9-,10+,11+,14-/m1/s1. The lowest BCUT2D eigenvalue weighted by molar-refractivity contribution is -0.263. The molecule has 106 valence electrons. The molecule has 2 aliphatic heterocycles. The SMILES string of the molecule is CC[C@@]1(C(C)(C)C)O[C@@H]2OC(C)(C)O[C@@H]2[C@@H]1OC. The third-order valence-corrected chi connectivity index (χ3v) is 4.22. The van der Waals surface area contributed by atoms with Crippen LogP contribution in [0.2, 0.25) is 0 Å². The number of methoxy groups -OCH3 is 1. The maximum Gasteiger partial charge on any atom is 0.190 e. The molecule has 2 fully saturated rings. The van der Waals surface area contributed by atoms with Gasteiger partial charge in [0.05, 0.1) is 0 Å². The van der Waals surface area contributed by atoms with E-state index in [4.69, 9.17) is 18.9 Å². The lowest BCUT2D eigenvalue weighted by atomic mass is 9.71. The van der Waals surface area contributed by atoms with Gasteiger partial charge in [-0.15, -0.1) is 0 Å². The molecule has 0 saturated carbocycles.